The van der Waals surface area contributed by atoms with Gasteiger partial charge in [0.15, 0.2) is 0 Å². The lowest BCUT2D eigenvalue weighted by Gasteiger charge is -2.07. The summed E-state index contributed by atoms with van der Waals surface area (Å²) in [5.74, 6) is 0.0381. The molecule has 0 radical (unpaired) electrons. The Hall–Kier alpha value is -2.03. The van der Waals surface area contributed by atoms with Gasteiger partial charge in [0.05, 0.1) is 5.56 Å². The first-order valence-corrected chi connectivity index (χ1v) is 8.15. The Kier molecular flexibility index (Phi) is 5.42. The average Bonchev–Trinajstić information content (AvgIpc) is 2.78. The molecule has 0 saturated heterocycles. The van der Waals surface area contributed by atoms with Crippen molar-refractivity contribution in [3.05, 3.63) is 47.3 Å². The zero-order chi connectivity index (χ0) is 16.1. The topological polar surface area (TPSA) is 34.0 Å². The number of benzene rings is 1. The van der Waals surface area contributed by atoms with E-state index < -0.39 is 0 Å². The van der Waals surface area contributed by atoms with Crippen LogP contribution in [0.5, 0.6) is 0 Å². The minimum atomic E-state index is 0.0381. The smallest absolute Gasteiger partial charge is 0.253 e. The van der Waals surface area contributed by atoms with Crippen LogP contribution in [-0.2, 0) is 6.54 Å². The Labute approximate surface area is 133 Å². The molecule has 0 saturated carbocycles. The van der Waals surface area contributed by atoms with Crippen LogP contribution < -0.4 is 5.32 Å². The predicted octanol–water partition coefficient (Wildman–Crippen LogP) is 4.32. The van der Waals surface area contributed by atoms with Gasteiger partial charge in [-0.05, 0) is 32.3 Å². The van der Waals surface area contributed by atoms with Crippen LogP contribution in [0.1, 0.15) is 48.4 Å². The van der Waals surface area contributed by atoms with E-state index in [-0.39, 0.29) is 5.91 Å². The molecule has 0 bridgehead atoms. The van der Waals surface area contributed by atoms with E-state index in [1.54, 1.807) is 0 Å². The maximum Gasteiger partial charge on any atom is 0.253 e. The second kappa shape index (κ2) is 7.30. The molecule has 0 aliphatic rings. The molecule has 0 atom stereocenters. The first kappa shape index (κ1) is 16.3. The molecule has 0 fully saturated rings. The van der Waals surface area contributed by atoms with Crippen molar-refractivity contribution in [1.82, 2.24) is 9.88 Å². The molecule has 118 valence electrons. The standard InChI is InChI=1S/C19H26N2O/c1-5-12-20-19(22)18-15(4)21(13-6-2)14(3)17(18)16-10-8-7-9-11-16/h7-11H,5-6,12-13H2,1-4H3,(H,20,22). The molecular weight excluding hydrogens is 272 g/mol. The van der Waals surface area contributed by atoms with Crippen LogP contribution in [0.15, 0.2) is 30.3 Å². The summed E-state index contributed by atoms with van der Waals surface area (Å²) < 4.78 is 2.27. The molecule has 0 spiro atoms. The van der Waals surface area contributed by atoms with Crippen molar-refractivity contribution in [3.63, 3.8) is 0 Å². The van der Waals surface area contributed by atoms with Crippen LogP contribution in [0.2, 0.25) is 0 Å². The minimum Gasteiger partial charge on any atom is -0.352 e. The molecule has 0 unspecified atom stereocenters. The Bertz CT molecular complexity index is 641. The number of hydrogen-bond acceptors (Lipinski definition) is 1. The summed E-state index contributed by atoms with van der Waals surface area (Å²) in [6.07, 6.45) is 2.00. The van der Waals surface area contributed by atoms with E-state index in [4.69, 9.17) is 0 Å². The molecule has 3 nitrogen and oxygen atoms in total. The number of nitrogens with one attached hydrogen (secondary N) is 1. The molecule has 0 aliphatic heterocycles. The Morgan fingerprint density at radius 2 is 1.73 bits per heavy atom. The van der Waals surface area contributed by atoms with Crippen molar-refractivity contribution < 1.29 is 4.79 Å². The number of carbonyl (C=O) groups excluding carboxylic acids is 1. The van der Waals surface area contributed by atoms with Crippen LogP contribution in [-0.4, -0.2) is 17.0 Å². The van der Waals surface area contributed by atoms with Crippen LogP contribution >= 0.6 is 0 Å². The largest absolute Gasteiger partial charge is 0.352 e. The van der Waals surface area contributed by atoms with Gasteiger partial charge in [0, 0.05) is 30.0 Å². The van der Waals surface area contributed by atoms with E-state index in [1.165, 1.54) is 5.69 Å². The molecule has 1 heterocycles. The number of carbonyl (C=O) groups is 1. The zero-order valence-electron chi connectivity index (χ0n) is 14.1. The van der Waals surface area contributed by atoms with Gasteiger partial charge in [0.25, 0.3) is 5.91 Å². The molecule has 1 N–H and O–H groups in total. The highest BCUT2D eigenvalue weighted by Crippen LogP contribution is 2.32. The summed E-state index contributed by atoms with van der Waals surface area (Å²) >= 11 is 0. The Balaban J connectivity index is 2.59. The Morgan fingerprint density at radius 3 is 2.32 bits per heavy atom. The molecule has 2 rings (SSSR count). The molecule has 3 heteroatoms. The monoisotopic (exact) mass is 298 g/mol. The minimum absolute atomic E-state index is 0.0381. The third-order valence-corrected chi connectivity index (χ3v) is 4.06. The van der Waals surface area contributed by atoms with Crippen molar-refractivity contribution in [3.8, 4) is 11.1 Å². The highest BCUT2D eigenvalue weighted by atomic mass is 16.1. The van der Waals surface area contributed by atoms with Crippen molar-refractivity contribution >= 4 is 5.91 Å². The van der Waals surface area contributed by atoms with Gasteiger partial charge in [-0.1, -0.05) is 44.2 Å². The normalized spacial score (nSPS) is 10.7. The second-order valence-corrected chi connectivity index (χ2v) is 5.69. The molecule has 1 aromatic heterocycles. The van der Waals surface area contributed by atoms with Crippen molar-refractivity contribution in [1.29, 1.82) is 0 Å². The number of rotatable bonds is 6. The van der Waals surface area contributed by atoms with Gasteiger partial charge < -0.3 is 9.88 Å². The first-order chi connectivity index (χ1) is 10.6. The van der Waals surface area contributed by atoms with Crippen molar-refractivity contribution in [2.24, 2.45) is 0 Å². The first-order valence-electron chi connectivity index (χ1n) is 8.15. The fourth-order valence-corrected chi connectivity index (χ4v) is 3.01. The average molecular weight is 298 g/mol. The summed E-state index contributed by atoms with van der Waals surface area (Å²) in [6, 6.07) is 10.2. The Morgan fingerprint density at radius 1 is 1.05 bits per heavy atom. The molecule has 1 aromatic carbocycles. The van der Waals surface area contributed by atoms with Gasteiger partial charge in [-0.15, -0.1) is 0 Å². The predicted molar refractivity (Wildman–Crippen MR) is 92.3 cm³/mol. The fraction of sp³-hybridized carbons (Fsp3) is 0.421. The quantitative estimate of drug-likeness (QED) is 0.846. The lowest BCUT2D eigenvalue weighted by atomic mass is 10.00. The molecule has 1 amide bonds. The van der Waals surface area contributed by atoms with Gasteiger partial charge in [-0.3, -0.25) is 4.79 Å². The number of amides is 1. The van der Waals surface area contributed by atoms with E-state index in [1.807, 2.05) is 18.2 Å². The van der Waals surface area contributed by atoms with E-state index in [9.17, 15) is 4.79 Å². The van der Waals surface area contributed by atoms with Crippen LogP contribution in [0.25, 0.3) is 11.1 Å². The highest BCUT2D eigenvalue weighted by molar-refractivity contribution is 6.03. The summed E-state index contributed by atoms with van der Waals surface area (Å²) in [4.78, 5) is 12.7. The third-order valence-electron chi connectivity index (χ3n) is 4.06. The van der Waals surface area contributed by atoms with E-state index in [0.717, 1.165) is 41.8 Å². The summed E-state index contributed by atoms with van der Waals surface area (Å²) in [5, 5.41) is 3.03. The third kappa shape index (κ3) is 3.08. The van der Waals surface area contributed by atoms with Gasteiger partial charge in [0.2, 0.25) is 0 Å². The van der Waals surface area contributed by atoms with E-state index in [2.05, 4.69) is 49.7 Å². The number of hydrogen-bond donors (Lipinski definition) is 1. The lowest BCUT2D eigenvalue weighted by Crippen LogP contribution is -2.25. The van der Waals surface area contributed by atoms with Crippen LogP contribution in [0.4, 0.5) is 0 Å². The van der Waals surface area contributed by atoms with Gasteiger partial charge in [-0.25, -0.2) is 0 Å². The van der Waals surface area contributed by atoms with Gasteiger partial charge in [0.1, 0.15) is 0 Å². The zero-order valence-corrected chi connectivity index (χ0v) is 14.1. The van der Waals surface area contributed by atoms with Crippen molar-refractivity contribution in [2.45, 2.75) is 47.1 Å². The van der Waals surface area contributed by atoms with Crippen molar-refractivity contribution in [2.75, 3.05) is 6.54 Å². The number of nitrogens with zero attached hydrogens (tertiary/aromatic N) is 1. The van der Waals surface area contributed by atoms with E-state index in [0.29, 0.717) is 6.54 Å². The molecule has 22 heavy (non-hydrogen) atoms. The van der Waals surface area contributed by atoms with Gasteiger partial charge >= 0.3 is 0 Å². The summed E-state index contributed by atoms with van der Waals surface area (Å²) in [7, 11) is 0. The maximum absolute atomic E-state index is 12.7. The lowest BCUT2D eigenvalue weighted by molar-refractivity contribution is 0.0953. The molecule has 0 aliphatic carbocycles. The van der Waals surface area contributed by atoms with Crippen LogP contribution in [0.3, 0.4) is 0 Å². The summed E-state index contributed by atoms with van der Waals surface area (Å²) in [6.45, 7) is 10.1. The molecular formula is C19H26N2O. The van der Waals surface area contributed by atoms with E-state index >= 15 is 0 Å². The summed E-state index contributed by atoms with van der Waals surface area (Å²) in [5.41, 5.74) is 5.24. The maximum atomic E-state index is 12.7. The SMILES string of the molecule is CCCNC(=O)c1c(-c2ccccc2)c(C)n(CCC)c1C. The number of aromatic nitrogens is 1. The van der Waals surface area contributed by atoms with Gasteiger partial charge in [-0.2, -0.15) is 0 Å². The fourth-order valence-electron chi connectivity index (χ4n) is 3.01. The second-order valence-electron chi connectivity index (χ2n) is 5.69. The molecule has 2 aromatic rings. The van der Waals surface area contributed by atoms with Crippen LogP contribution in [0, 0.1) is 13.8 Å². The highest BCUT2D eigenvalue weighted by Gasteiger charge is 2.23.